The van der Waals surface area contributed by atoms with Crippen molar-refractivity contribution in [3.05, 3.63) is 11.9 Å². The summed E-state index contributed by atoms with van der Waals surface area (Å²) in [5.74, 6) is 1.26. The number of aliphatic hydroxyl groups is 1. The van der Waals surface area contributed by atoms with Crippen molar-refractivity contribution in [1.29, 1.82) is 0 Å². The van der Waals surface area contributed by atoms with E-state index >= 15 is 0 Å². The molecule has 1 aromatic heterocycles. The molecule has 0 fully saturated rings. The molecule has 0 aromatic carbocycles. The number of nitrogen functional groups attached to an aromatic ring is 1. The number of nitrogens with two attached hydrogens (primary N) is 1. The first-order valence-corrected chi connectivity index (χ1v) is 5.70. The molecule has 1 aromatic rings. The molecule has 1 unspecified atom stereocenters. The molecule has 1 rings (SSSR count). The maximum absolute atomic E-state index is 9.47. The van der Waals surface area contributed by atoms with Crippen molar-refractivity contribution in [3.8, 4) is 0 Å². The zero-order valence-electron chi connectivity index (χ0n) is 9.90. The Labute approximate surface area is 96.1 Å². The molecule has 90 valence electrons. The third-order valence-corrected chi connectivity index (χ3v) is 2.46. The van der Waals surface area contributed by atoms with Gasteiger partial charge < -0.3 is 16.2 Å². The van der Waals surface area contributed by atoms with E-state index in [1.165, 1.54) is 6.33 Å². The Hall–Kier alpha value is -1.36. The minimum Gasteiger partial charge on any atom is -0.391 e. The summed E-state index contributed by atoms with van der Waals surface area (Å²) in [4.78, 5) is 8.12. The normalized spacial score (nSPS) is 12.4. The Balaban J connectivity index is 2.74. The first-order chi connectivity index (χ1) is 7.69. The lowest BCUT2D eigenvalue weighted by Gasteiger charge is -2.13. The minimum absolute atomic E-state index is 0.356. The summed E-state index contributed by atoms with van der Waals surface area (Å²) in [5, 5.41) is 12.6. The van der Waals surface area contributed by atoms with Crippen LogP contribution in [-0.4, -0.2) is 27.7 Å². The van der Waals surface area contributed by atoms with Gasteiger partial charge in [0, 0.05) is 12.1 Å². The molecule has 0 aliphatic heterocycles. The fourth-order valence-electron chi connectivity index (χ4n) is 1.43. The van der Waals surface area contributed by atoms with Crippen LogP contribution in [0.25, 0.3) is 0 Å². The molecule has 0 bridgehead atoms. The number of nitrogens with zero attached hydrogens (tertiary/aromatic N) is 2. The predicted octanol–water partition coefficient (Wildman–Crippen LogP) is 1.19. The third-order valence-electron chi connectivity index (χ3n) is 2.46. The average molecular weight is 224 g/mol. The van der Waals surface area contributed by atoms with Crippen LogP contribution in [0.5, 0.6) is 0 Å². The number of nitrogens with one attached hydrogen (secondary N) is 1. The molecule has 16 heavy (non-hydrogen) atoms. The summed E-state index contributed by atoms with van der Waals surface area (Å²) in [7, 11) is 0. The van der Waals surface area contributed by atoms with Crippen molar-refractivity contribution in [2.24, 2.45) is 0 Å². The Morgan fingerprint density at radius 3 is 2.81 bits per heavy atom. The number of hydrogen-bond donors (Lipinski definition) is 3. The van der Waals surface area contributed by atoms with E-state index in [1.54, 1.807) is 0 Å². The quantitative estimate of drug-likeness (QED) is 0.676. The van der Waals surface area contributed by atoms with E-state index in [1.807, 2.05) is 6.92 Å². The second-order valence-corrected chi connectivity index (χ2v) is 3.78. The Kier molecular flexibility index (Phi) is 4.98. The van der Waals surface area contributed by atoms with Gasteiger partial charge in [-0.1, -0.05) is 20.3 Å². The Bertz CT molecular complexity index is 330. The predicted molar refractivity (Wildman–Crippen MR) is 65.2 cm³/mol. The maximum Gasteiger partial charge on any atom is 0.134 e. The van der Waals surface area contributed by atoms with Crippen LogP contribution in [-0.2, 0) is 6.42 Å². The van der Waals surface area contributed by atoms with Crippen LogP contribution < -0.4 is 11.1 Å². The topological polar surface area (TPSA) is 84.1 Å². The monoisotopic (exact) mass is 224 g/mol. The third kappa shape index (κ3) is 3.34. The number of aromatic nitrogens is 2. The van der Waals surface area contributed by atoms with Crippen molar-refractivity contribution in [3.63, 3.8) is 0 Å². The van der Waals surface area contributed by atoms with Gasteiger partial charge in [0.1, 0.15) is 18.0 Å². The minimum atomic E-state index is -0.356. The summed E-state index contributed by atoms with van der Waals surface area (Å²) >= 11 is 0. The van der Waals surface area contributed by atoms with Gasteiger partial charge in [-0.05, 0) is 12.8 Å². The molecule has 5 heteroatoms. The standard InChI is InChI=1S/C11H20N4O/c1-3-5-9-10(12)14-7-15-11(9)13-6-8(16)4-2/h7-8,16H,3-6H2,1-2H3,(H3,12,13,14,15). The average Bonchev–Trinajstić information content (AvgIpc) is 2.29. The SMILES string of the molecule is CCCc1c(N)ncnc1NCC(O)CC. The molecule has 1 atom stereocenters. The van der Waals surface area contributed by atoms with Gasteiger partial charge in [0.2, 0.25) is 0 Å². The van der Waals surface area contributed by atoms with Gasteiger partial charge in [-0.25, -0.2) is 9.97 Å². The zero-order valence-corrected chi connectivity index (χ0v) is 9.90. The lowest BCUT2D eigenvalue weighted by Crippen LogP contribution is -2.20. The van der Waals surface area contributed by atoms with Crippen molar-refractivity contribution in [2.45, 2.75) is 39.2 Å². The lowest BCUT2D eigenvalue weighted by molar-refractivity contribution is 0.183. The molecule has 0 aliphatic carbocycles. The summed E-state index contributed by atoms with van der Waals surface area (Å²) in [6.45, 7) is 4.51. The molecule has 4 N–H and O–H groups in total. The zero-order chi connectivity index (χ0) is 12.0. The van der Waals surface area contributed by atoms with Gasteiger partial charge in [0.25, 0.3) is 0 Å². The smallest absolute Gasteiger partial charge is 0.134 e. The van der Waals surface area contributed by atoms with E-state index in [9.17, 15) is 5.11 Å². The fraction of sp³-hybridized carbons (Fsp3) is 0.636. The second kappa shape index (κ2) is 6.27. The largest absolute Gasteiger partial charge is 0.391 e. The number of hydrogen-bond acceptors (Lipinski definition) is 5. The molecular formula is C11H20N4O. The molecular weight excluding hydrogens is 204 g/mol. The van der Waals surface area contributed by atoms with Crippen molar-refractivity contribution >= 4 is 11.6 Å². The summed E-state index contributed by atoms with van der Waals surface area (Å²) < 4.78 is 0. The van der Waals surface area contributed by atoms with Crippen LogP contribution in [0.2, 0.25) is 0 Å². The highest BCUT2D eigenvalue weighted by Crippen LogP contribution is 2.18. The Morgan fingerprint density at radius 1 is 1.44 bits per heavy atom. The van der Waals surface area contributed by atoms with Crippen LogP contribution in [0.1, 0.15) is 32.3 Å². The summed E-state index contributed by atoms with van der Waals surface area (Å²) in [6.07, 6.45) is 3.64. The van der Waals surface area contributed by atoms with Crippen molar-refractivity contribution in [1.82, 2.24) is 9.97 Å². The molecule has 0 saturated heterocycles. The van der Waals surface area contributed by atoms with Gasteiger partial charge in [-0.2, -0.15) is 0 Å². The van der Waals surface area contributed by atoms with Crippen molar-refractivity contribution < 1.29 is 5.11 Å². The van der Waals surface area contributed by atoms with E-state index in [-0.39, 0.29) is 6.10 Å². The number of aliphatic hydroxyl groups excluding tert-OH is 1. The van der Waals surface area contributed by atoms with Gasteiger partial charge in [0.05, 0.1) is 6.10 Å². The van der Waals surface area contributed by atoms with Gasteiger partial charge in [0.15, 0.2) is 0 Å². The van der Waals surface area contributed by atoms with Gasteiger partial charge >= 0.3 is 0 Å². The lowest BCUT2D eigenvalue weighted by atomic mass is 10.1. The molecule has 0 amide bonds. The first kappa shape index (κ1) is 12.7. The first-order valence-electron chi connectivity index (χ1n) is 5.70. The van der Waals surface area contributed by atoms with Crippen LogP contribution in [0, 0.1) is 0 Å². The van der Waals surface area contributed by atoms with E-state index in [0.717, 1.165) is 30.6 Å². The highest BCUT2D eigenvalue weighted by Gasteiger charge is 2.09. The van der Waals surface area contributed by atoms with Crippen LogP contribution in [0.15, 0.2) is 6.33 Å². The summed E-state index contributed by atoms with van der Waals surface area (Å²) in [5.41, 5.74) is 6.73. The summed E-state index contributed by atoms with van der Waals surface area (Å²) in [6, 6.07) is 0. The molecule has 0 saturated carbocycles. The molecule has 0 aliphatic rings. The molecule has 1 heterocycles. The second-order valence-electron chi connectivity index (χ2n) is 3.78. The molecule has 0 spiro atoms. The van der Waals surface area contributed by atoms with Gasteiger partial charge in [-0.15, -0.1) is 0 Å². The van der Waals surface area contributed by atoms with E-state index in [4.69, 9.17) is 5.73 Å². The maximum atomic E-state index is 9.47. The Morgan fingerprint density at radius 2 is 2.19 bits per heavy atom. The van der Waals surface area contributed by atoms with Crippen molar-refractivity contribution in [2.75, 3.05) is 17.6 Å². The van der Waals surface area contributed by atoms with Crippen LogP contribution >= 0.6 is 0 Å². The van der Waals surface area contributed by atoms with Crippen LogP contribution in [0.3, 0.4) is 0 Å². The highest BCUT2D eigenvalue weighted by atomic mass is 16.3. The highest BCUT2D eigenvalue weighted by molar-refractivity contribution is 5.54. The number of rotatable bonds is 6. The number of anilines is 2. The fourth-order valence-corrected chi connectivity index (χ4v) is 1.43. The molecule has 5 nitrogen and oxygen atoms in total. The van der Waals surface area contributed by atoms with E-state index in [0.29, 0.717) is 12.4 Å². The molecule has 0 radical (unpaired) electrons. The van der Waals surface area contributed by atoms with E-state index < -0.39 is 0 Å². The van der Waals surface area contributed by atoms with Crippen LogP contribution in [0.4, 0.5) is 11.6 Å². The van der Waals surface area contributed by atoms with Gasteiger partial charge in [-0.3, -0.25) is 0 Å². The van der Waals surface area contributed by atoms with E-state index in [2.05, 4.69) is 22.2 Å².